The molecule has 3 heterocycles. The van der Waals surface area contributed by atoms with Crippen LogP contribution in [-0.4, -0.2) is 87.7 Å². The first-order chi connectivity index (χ1) is 16.0. The zero-order valence-electron chi connectivity index (χ0n) is 18.7. The van der Waals surface area contributed by atoms with Crippen LogP contribution in [0.4, 0.5) is 4.79 Å². The van der Waals surface area contributed by atoms with Crippen molar-refractivity contribution in [3.05, 3.63) is 28.2 Å². The molecule has 3 saturated heterocycles. The molecule has 2 amide bonds. The molecule has 3 aliphatic rings. The van der Waals surface area contributed by atoms with Crippen LogP contribution < -0.4 is 9.46 Å². The highest BCUT2D eigenvalue weighted by Crippen LogP contribution is 2.29. The van der Waals surface area contributed by atoms with Gasteiger partial charge >= 0.3 is 6.03 Å². The summed E-state index contributed by atoms with van der Waals surface area (Å²) in [6, 6.07) is 4.91. The minimum absolute atomic E-state index is 0.0255. The summed E-state index contributed by atoms with van der Waals surface area (Å²) in [5.41, 5.74) is 0. The number of hydrogen-bond donors (Lipinski definition) is 1. The number of sulfone groups is 1. The van der Waals surface area contributed by atoms with Gasteiger partial charge in [-0.2, -0.15) is 0 Å². The Morgan fingerprint density at radius 3 is 2.26 bits per heavy atom. The number of ether oxygens (including phenoxy) is 1. The second kappa shape index (κ2) is 10.4. The number of nitrogens with one attached hydrogen (secondary N) is 1. The van der Waals surface area contributed by atoms with E-state index >= 15 is 0 Å². The molecule has 0 bridgehead atoms. The monoisotopic (exact) mass is 553 g/mol. The Hall–Kier alpha value is -1.27. The van der Waals surface area contributed by atoms with Gasteiger partial charge in [0.05, 0.1) is 26.8 Å². The van der Waals surface area contributed by atoms with E-state index in [1.54, 1.807) is 12.1 Å². The Kier molecular flexibility index (Phi) is 7.88. The average Bonchev–Trinajstić information content (AvgIpc) is 3.17. The lowest BCUT2D eigenvalue weighted by Crippen LogP contribution is -2.53. The Labute approximate surface area is 210 Å². The summed E-state index contributed by atoms with van der Waals surface area (Å²) in [6.45, 7) is 2.67. The van der Waals surface area contributed by atoms with Gasteiger partial charge in [0.2, 0.25) is 10.0 Å². The zero-order valence-corrected chi connectivity index (χ0v) is 21.8. The average molecular weight is 555 g/mol. The number of likely N-dealkylation sites (tertiary alicyclic amines) is 2. The van der Waals surface area contributed by atoms with Crippen LogP contribution >= 0.6 is 23.2 Å². The van der Waals surface area contributed by atoms with Crippen LogP contribution in [0.1, 0.15) is 32.1 Å². The van der Waals surface area contributed by atoms with Crippen molar-refractivity contribution in [1.82, 2.24) is 14.5 Å². The molecule has 1 N–H and O–H groups in total. The lowest BCUT2D eigenvalue weighted by atomic mass is 9.99. The molecule has 3 aliphatic heterocycles. The highest BCUT2D eigenvalue weighted by atomic mass is 35.5. The predicted molar refractivity (Wildman–Crippen MR) is 131 cm³/mol. The third kappa shape index (κ3) is 6.29. The van der Waals surface area contributed by atoms with Gasteiger partial charge in [0.15, 0.2) is 9.84 Å². The molecule has 9 nitrogen and oxygen atoms in total. The Morgan fingerprint density at radius 1 is 1.00 bits per heavy atom. The second-order valence-electron chi connectivity index (χ2n) is 9.12. The van der Waals surface area contributed by atoms with Crippen molar-refractivity contribution in [3.63, 3.8) is 0 Å². The molecule has 190 valence electrons. The summed E-state index contributed by atoms with van der Waals surface area (Å²) in [5.74, 6) is 0.118. The quantitative estimate of drug-likeness (QED) is 0.595. The topological polar surface area (TPSA) is 113 Å². The number of sulfonamides is 1. The third-order valence-corrected chi connectivity index (χ3v) is 11.3. The van der Waals surface area contributed by atoms with E-state index in [9.17, 15) is 21.6 Å². The van der Waals surface area contributed by atoms with Crippen molar-refractivity contribution >= 4 is 49.1 Å². The summed E-state index contributed by atoms with van der Waals surface area (Å²) in [4.78, 5) is 16.4. The number of hydrogen-bond acceptors (Lipinski definition) is 7. The minimum Gasteiger partial charge on any atom is -0.490 e. The number of rotatable bonds is 5. The Morgan fingerprint density at radius 2 is 1.68 bits per heavy atom. The standard InChI is InChI=1S/C21H29Cl2N3O6S2/c22-19-2-1-17(13-20(19)23)32-16-5-10-25(11-6-16)15-3-8-26(9-4-15)21(27)24-34(30,31)18-7-12-33(28,29)14-18/h1-2,13,15-16,18H,3-12,14H2,(H,24,27). The maximum absolute atomic E-state index is 12.5. The number of nitrogens with zero attached hydrogens (tertiary/aromatic N) is 2. The first-order valence-electron chi connectivity index (χ1n) is 11.4. The maximum atomic E-state index is 12.5. The number of amides is 2. The van der Waals surface area contributed by atoms with Gasteiger partial charge in [0.1, 0.15) is 11.9 Å². The summed E-state index contributed by atoms with van der Waals surface area (Å²) < 4.78 is 56.2. The van der Waals surface area contributed by atoms with E-state index in [1.807, 2.05) is 6.07 Å². The molecule has 0 spiro atoms. The molecule has 0 aliphatic carbocycles. The summed E-state index contributed by atoms with van der Waals surface area (Å²) in [7, 11) is -7.37. The molecule has 34 heavy (non-hydrogen) atoms. The van der Waals surface area contributed by atoms with Crippen LogP contribution in [0.2, 0.25) is 10.0 Å². The van der Waals surface area contributed by atoms with Crippen LogP contribution in [0.15, 0.2) is 18.2 Å². The van der Waals surface area contributed by atoms with Crippen LogP contribution in [0, 0.1) is 0 Å². The van der Waals surface area contributed by atoms with Gasteiger partial charge < -0.3 is 9.64 Å². The summed E-state index contributed by atoms with van der Waals surface area (Å²) in [5, 5.41) is -0.104. The van der Waals surface area contributed by atoms with Crippen molar-refractivity contribution in [2.45, 2.75) is 49.5 Å². The first-order valence-corrected chi connectivity index (χ1v) is 15.5. The largest absolute Gasteiger partial charge is 0.490 e. The van der Waals surface area contributed by atoms with E-state index in [4.69, 9.17) is 27.9 Å². The van der Waals surface area contributed by atoms with Crippen LogP contribution in [0.5, 0.6) is 5.75 Å². The van der Waals surface area contributed by atoms with E-state index in [0.29, 0.717) is 34.9 Å². The van der Waals surface area contributed by atoms with E-state index in [0.717, 1.165) is 38.8 Å². The summed E-state index contributed by atoms with van der Waals surface area (Å²) in [6.07, 6.45) is 3.39. The maximum Gasteiger partial charge on any atom is 0.331 e. The molecule has 1 unspecified atom stereocenters. The normalized spacial score (nSPS) is 24.8. The van der Waals surface area contributed by atoms with Gasteiger partial charge in [-0.1, -0.05) is 23.2 Å². The number of halogens is 2. The molecule has 1 aromatic rings. The van der Waals surface area contributed by atoms with Crippen LogP contribution in [0.3, 0.4) is 0 Å². The molecular weight excluding hydrogens is 525 g/mol. The van der Waals surface area contributed by atoms with E-state index in [1.165, 1.54) is 4.90 Å². The first kappa shape index (κ1) is 25.8. The van der Waals surface area contributed by atoms with E-state index in [-0.39, 0.29) is 18.3 Å². The fraction of sp³-hybridized carbons (Fsp3) is 0.667. The van der Waals surface area contributed by atoms with Gasteiger partial charge in [-0.15, -0.1) is 0 Å². The number of carbonyl (C=O) groups excluding carboxylic acids is 1. The van der Waals surface area contributed by atoms with Gasteiger partial charge in [0, 0.05) is 38.3 Å². The molecule has 0 aromatic heterocycles. The lowest BCUT2D eigenvalue weighted by Gasteiger charge is -2.41. The van der Waals surface area contributed by atoms with E-state index in [2.05, 4.69) is 9.62 Å². The van der Waals surface area contributed by atoms with Crippen molar-refractivity contribution in [2.24, 2.45) is 0 Å². The fourth-order valence-corrected chi connectivity index (χ4v) is 9.10. The lowest BCUT2D eigenvalue weighted by molar-refractivity contribution is 0.0540. The molecular formula is C21H29Cl2N3O6S2. The number of piperidine rings is 2. The van der Waals surface area contributed by atoms with Crippen molar-refractivity contribution < 1.29 is 26.4 Å². The van der Waals surface area contributed by atoms with Gasteiger partial charge in [-0.05, 0) is 44.2 Å². The molecule has 1 atom stereocenters. The number of carbonyl (C=O) groups is 1. The number of benzene rings is 1. The van der Waals surface area contributed by atoms with Gasteiger partial charge in [0.25, 0.3) is 0 Å². The molecule has 13 heteroatoms. The van der Waals surface area contributed by atoms with E-state index < -0.39 is 36.9 Å². The highest BCUT2D eigenvalue weighted by Gasteiger charge is 2.39. The summed E-state index contributed by atoms with van der Waals surface area (Å²) >= 11 is 12.0. The van der Waals surface area contributed by atoms with Crippen LogP contribution in [0.25, 0.3) is 0 Å². The van der Waals surface area contributed by atoms with Crippen molar-refractivity contribution in [1.29, 1.82) is 0 Å². The molecule has 0 saturated carbocycles. The smallest absolute Gasteiger partial charge is 0.331 e. The number of urea groups is 1. The fourth-order valence-electron chi connectivity index (χ4n) is 4.81. The molecule has 4 rings (SSSR count). The third-order valence-electron chi connectivity index (χ3n) is 6.80. The van der Waals surface area contributed by atoms with Gasteiger partial charge in [-0.3, -0.25) is 4.90 Å². The van der Waals surface area contributed by atoms with Crippen molar-refractivity contribution in [3.8, 4) is 5.75 Å². The van der Waals surface area contributed by atoms with Crippen molar-refractivity contribution in [2.75, 3.05) is 37.7 Å². The molecule has 1 aromatic carbocycles. The molecule has 0 radical (unpaired) electrons. The van der Waals surface area contributed by atoms with Gasteiger partial charge in [-0.25, -0.2) is 26.4 Å². The molecule has 3 fully saturated rings. The predicted octanol–water partition coefficient (Wildman–Crippen LogP) is 2.53. The van der Waals surface area contributed by atoms with Crippen LogP contribution in [-0.2, 0) is 19.9 Å². The SMILES string of the molecule is O=C(NS(=O)(=O)C1CCS(=O)(=O)C1)N1CCC(N2CCC(Oc3ccc(Cl)c(Cl)c3)CC2)CC1. The zero-order chi connectivity index (χ0) is 24.5. The Bertz CT molecular complexity index is 1120. The highest BCUT2D eigenvalue weighted by molar-refractivity contribution is 7.95. The second-order valence-corrected chi connectivity index (χ2v) is 14.1. The Balaban J connectivity index is 1.21. The minimum atomic E-state index is -4.01.